The summed E-state index contributed by atoms with van der Waals surface area (Å²) in [6, 6.07) is 8.21. The molecule has 2 N–H and O–H groups in total. The smallest absolute Gasteiger partial charge is 0.385 e. The summed E-state index contributed by atoms with van der Waals surface area (Å²) in [5.74, 6) is -2.15. The number of aliphatic hydroxyl groups excluding tert-OH is 2. The lowest BCUT2D eigenvalue weighted by atomic mass is 10.1. The summed E-state index contributed by atoms with van der Waals surface area (Å²) < 4.78 is 69.8. The van der Waals surface area contributed by atoms with Gasteiger partial charge in [-0.2, -0.15) is 13.2 Å². The van der Waals surface area contributed by atoms with Gasteiger partial charge in [0.25, 0.3) is 0 Å². The van der Waals surface area contributed by atoms with E-state index in [9.17, 15) is 37.0 Å². The van der Waals surface area contributed by atoms with Crippen LogP contribution in [0.15, 0.2) is 47.3 Å². The topological polar surface area (TPSA) is 98.1 Å². The Labute approximate surface area is 221 Å². The lowest BCUT2D eigenvalue weighted by molar-refractivity contribution is -0.207. The maximum atomic E-state index is 13.9. The molecule has 0 aliphatic rings. The molecule has 2 aromatic carbocycles. The minimum absolute atomic E-state index is 0.119. The van der Waals surface area contributed by atoms with Crippen molar-refractivity contribution < 1.29 is 32.2 Å². The third kappa shape index (κ3) is 5.60. The summed E-state index contributed by atoms with van der Waals surface area (Å²) in [6.07, 6.45) is -9.13. The fraction of sp³-hybridized carbons (Fsp3) is 0.261. The fourth-order valence-electron chi connectivity index (χ4n) is 3.68. The van der Waals surface area contributed by atoms with E-state index in [2.05, 4.69) is 10.1 Å². The Morgan fingerprint density at radius 2 is 1.61 bits per heavy atom. The highest BCUT2D eigenvalue weighted by Crippen LogP contribution is 2.31. The maximum absolute atomic E-state index is 13.9. The number of rotatable bonds is 7. The second-order valence-corrected chi connectivity index (χ2v) is 9.08. The molecule has 15 heteroatoms. The highest BCUT2D eigenvalue weighted by molar-refractivity contribution is 6.32. The quantitative estimate of drug-likeness (QED) is 0.315. The molecule has 0 fully saturated rings. The number of aromatic nitrogens is 5. The minimum atomic E-state index is -5.03. The first kappa shape index (κ1) is 27.8. The lowest BCUT2D eigenvalue weighted by Crippen LogP contribution is -2.37. The molecule has 0 saturated heterocycles. The number of imidazole rings is 1. The van der Waals surface area contributed by atoms with E-state index in [0.29, 0.717) is 15.7 Å². The number of benzene rings is 2. The molecule has 0 bridgehead atoms. The Hall–Kier alpha value is -3.26. The van der Waals surface area contributed by atoms with Gasteiger partial charge in [-0.15, -0.1) is 5.10 Å². The largest absolute Gasteiger partial charge is 0.416 e. The number of hydrogen-bond acceptors (Lipinski definition) is 5. The number of nitrogens with zero attached hydrogens (tertiary/aromatic N) is 5. The van der Waals surface area contributed by atoms with Gasteiger partial charge in [0.1, 0.15) is 22.9 Å². The van der Waals surface area contributed by atoms with Crippen LogP contribution in [0, 0.1) is 11.6 Å². The standard InChI is InChI=1S/C23H18Cl2F5N5O3/c1-11(36)21-31-18(35(32-21)16-7-14(26)6-15(27)8-16)10-34-20(25)19(12-2-4-13(24)5-3-12)33(22(34)38)9-17(37)23(28,29)30/h2-8,11,17,36-37H,9-10H2,1H3/t11-,17-/m0/s1. The van der Waals surface area contributed by atoms with Gasteiger partial charge >= 0.3 is 11.9 Å². The Kier molecular flexibility index (Phi) is 7.66. The number of alkyl halides is 3. The zero-order valence-electron chi connectivity index (χ0n) is 19.3. The first-order valence-corrected chi connectivity index (χ1v) is 11.6. The SMILES string of the molecule is C[C@H](O)c1nc(Cn2c(Cl)c(-c3ccc(Cl)cc3)n(C[C@H](O)C(F)(F)F)c2=O)n(-c2cc(F)cc(F)c2)n1. The molecule has 4 aromatic rings. The molecule has 38 heavy (non-hydrogen) atoms. The van der Waals surface area contributed by atoms with Crippen LogP contribution in [0.3, 0.4) is 0 Å². The molecule has 0 spiro atoms. The van der Waals surface area contributed by atoms with Crippen molar-refractivity contribution in [1.82, 2.24) is 23.9 Å². The highest BCUT2D eigenvalue weighted by atomic mass is 35.5. The van der Waals surface area contributed by atoms with Gasteiger partial charge in [-0.05, 0) is 31.2 Å². The molecule has 2 atom stereocenters. The van der Waals surface area contributed by atoms with Gasteiger partial charge in [0.15, 0.2) is 17.8 Å². The van der Waals surface area contributed by atoms with Gasteiger partial charge in [0.2, 0.25) is 0 Å². The molecule has 2 heterocycles. The second kappa shape index (κ2) is 10.5. The fourth-order valence-corrected chi connectivity index (χ4v) is 4.15. The number of hydrogen-bond donors (Lipinski definition) is 2. The molecule has 2 aromatic heterocycles. The Morgan fingerprint density at radius 1 is 1.00 bits per heavy atom. The van der Waals surface area contributed by atoms with Crippen LogP contribution in [-0.4, -0.2) is 46.4 Å². The van der Waals surface area contributed by atoms with Crippen molar-refractivity contribution in [3.63, 3.8) is 0 Å². The van der Waals surface area contributed by atoms with Crippen molar-refractivity contribution in [3.05, 3.63) is 86.4 Å². The van der Waals surface area contributed by atoms with Gasteiger partial charge in [-0.3, -0.25) is 9.13 Å². The first-order valence-electron chi connectivity index (χ1n) is 10.9. The van der Waals surface area contributed by atoms with Crippen LogP contribution in [0.25, 0.3) is 16.9 Å². The van der Waals surface area contributed by atoms with Crippen LogP contribution in [0.4, 0.5) is 22.0 Å². The van der Waals surface area contributed by atoms with Crippen LogP contribution in [0.2, 0.25) is 10.2 Å². The van der Waals surface area contributed by atoms with Gasteiger partial charge in [-0.1, -0.05) is 35.3 Å². The summed E-state index contributed by atoms with van der Waals surface area (Å²) in [7, 11) is 0. The van der Waals surface area contributed by atoms with Crippen LogP contribution in [0.5, 0.6) is 0 Å². The molecule has 0 aliphatic heterocycles. The van der Waals surface area contributed by atoms with E-state index in [1.54, 1.807) is 0 Å². The Morgan fingerprint density at radius 3 is 2.16 bits per heavy atom. The molecule has 8 nitrogen and oxygen atoms in total. The zero-order valence-corrected chi connectivity index (χ0v) is 20.8. The molecule has 4 rings (SSSR count). The van der Waals surface area contributed by atoms with E-state index in [-0.39, 0.29) is 33.7 Å². The summed E-state index contributed by atoms with van der Waals surface area (Å²) in [4.78, 5) is 17.5. The number of aliphatic hydroxyl groups is 2. The third-order valence-corrected chi connectivity index (χ3v) is 6.11. The highest BCUT2D eigenvalue weighted by Gasteiger charge is 2.39. The predicted octanol–water partition coefficient (Wildman–Crippen LogP) is 4.51. The van der Waals surface area contributed by atoms with E-state index < -0.39 is 48.8 Å². The Bertz CT molecular complexity index is 1510. The minimum Gasteiger partial charge on any atom is -0.385 e. The first-order chi connectivity index (χ1) is 17.8. The second-order valence-electron chi connectivity index (χ2n) is 8.28. The lowest BCUT2D eigenvalue weighted by Gasteiger charge is -2.16. The molecule has 0 aliphatic carbocycles. The van der Waals surface area contributed by atoms with Crippen LogP contribution in [-0.2, 0) is 13.1 Å². The summed E-state index contributed by atoms with van der Waals surface area (Å²) in [5.41, 5.74) is -1.09. The van der Waals surface area contributed by atoms with E-state index in [0.717, 1.165) is 21.4 Å². The van der Waals surface area contributed by atoms with E-state index in [4.69, 9.17) is 23.2 Å². The van der Waals surface area contributed by atoms with Crippen molar-refractivity contribution in [1.29, 1.82) is 0 Å². The van der Waals surface area contributed by atoms with Crippen molar-refractivity contribution in [2.24, 2.45) is 0 Å². The molecule has 0 saturated carbocycles. The van der Waals surface area contributed by atoms with Gasteiger partial charge in [0, 0.05) is 16.7 Å². The molecule has 0 amide bonds. The van der Waals surface area contributed by atoms with E-state index >= 15 is 0 Å². The monoisotopic (exact) mass is 577 g/mol. The molecular weight excluding hydrogens is 560 g/mol. The van der Waals surface area contributed by atoms with Crippen molar-refractivity contribution in [3.8, 4) is 16.9 Å². The van der Waals surface area contributed by atoms with Crippen LogP contribution in [0.1, 0.15) is 24.7 Å². The molecule has 0 unspecified atom stereocenters. The van der Waals surface area contributed by atoms with Crippen molar-refractivity contribution in [2.75, 3.05) is 0 Å². The van der Waals surface area contributed by atoms with Crippen molar-refractivity contribution in [2.45, 2.75) is 38.4 Å². The molecule has 0 radical (unpaired) electrons. The Balaban J connectivity index is 1.89. The average Bonchev–Trinajstić information content (AvgIpc) is 3.34. The van der Waals surface area contributed by atoms with Gasteiger partial charge in [-0.25, -0.2) is 23.2 Å². The summed E-state index contributed by atoms with van der Waals surface area (Å²) >= 11 is 12.4. The van der Waals surface area contributed by atoms with Crippen LogP contribution >= 0.6 is 23.2 Å². The summed E-state index contributed by atoms with van der Waals surface area (Å²) in [5, 5.41) is 23.7. The normalized spacial score (nSPS) is 13.6. The van der Waals surface area contributed by atoms with Gasteiger partial charge < -0.3 is 10.2 Å². The van der Waals surface area contributed by atoms with E-state index in [1.165, 1.54) is 31.2 Å². The van der Waals surface area contributed by atoms with Gasteiger partial charge in [0.05, 0.1) is 24.5 Å². The predicted molar refractivity (Wildman–Crippen MR) is 127 cm³/mol. The van der Waals surface area contributed by atoms with Crippen molar-refractivity contribution >= 4 is 23.2 Å². The third-order valence-electron chi connectivity index (χ3n) is 5.47. The van der Waals surface area contributed by atoms with Crippen LogP contribution < -0.4 is 5.69 Å². The zero-order chi connectivity index (χ0) is 27.9. The van der Waals surface area contributed by atoms with E-state index in [1.807, 2.05) is 0 Å². The number of halogens is 7. The summed E-state index contributed by atoms with van der Waals surface area (Å²) in [6.45, 7) is -0.360. The maximum Gasteiger partial charge on any atom is 0.416 e. The molecular formula is C23H18Cl2F5N5O3. The average molecular weight is 578 g/mol. The molecule has 202 valence electrons.